The van der Waals surface area contributed by atoms with Crippen LogP contribution < -0.4 is 5.73 Å². The fourth-order valence-electron chi connectivity index (χ4n) is 2.69. The zero-order chi connectivity index (χ0) is 13.5. The van der Waals surface area contributed by atoms with Crippen molar-refractivity contribution in [1.82, 2.24) is 4.90 Å². The highest BCUT2D eigenvalue weighted by Gasteiger charge is 2.23. The van der Waals surface area contributed by atoms with Gasteiger partial charge in [0.2, 0.25) is 0 Å². The molecule has 3 N–H and O–H groups in total. The van der Waals surface area contributed by atoms with Crippen LogP contribution in [0, 0.1) is 11.8 Å². The molecule has 0 aromatic carbocycles. The summed E-state index contributed by atoms with van der Waals surface area (Å²) in [6.45, 7) is 2.29. The van der Waals surface area contributed by atoms with E-state index in [1.165, 1.54) is 30.6 Å². The summed E-state index contributed by atoms with van der Waals surface area (Å²) in [6.07, 6.45) is 5.15. The minimum atomic E-state index is 0.228. The summed E-state index contributed by atoms with van der Waals surface area (Å²) < 4.78 is 0. The second kappa shape index (κ2) is 7.66. The third kappa shape index (κ3) is 4.05. The molecule has 1 aromatic rings. The van der Waals surface area contributed by atoms with Gasteiger partial charge in [0.25, 0.3) is 0 Å². The summed E-state index contributed by atoms with van der Waals surface area (Å²) >= 11 is 1.75. The van der Waals surface area contributed by atoms with Gasteiger partial charge in [0.1, 0.15) is 0 Å². The molecule has 1 fully saturated rings. The second-order valence-corrected chi connectivity index (χ2v) is 5.90. The smallest absolute Gasteiger partial charge is 0.0558 e. The van der Waals surface area contributed by atoms with Crippen molar-refractivity contribution in [2.24, 2.45) is 5.73 Å². The van der Waals surface area contributed by atoms with Crippen molar-refractivity contribution >= 4 is 11.3 Å². The first-order chi connectivity index (χ1) is 9.35. The first-order valence-corrected chi connectivity index (χ1v) is 7.83. The number of aliphatic hydroxyl groups excluding tert-OH is 1. The largest absolute Gasteiger partial charge is 0.395 e. The van der Waals surface area contributed by atoms with Crippen LogP contribution >= 0.6 is 11.3 Å². The lowest BCUT2D eigenvalue weighted by molar-refractivity contribution is 0.146. The Morgan fingerprint density at radius 2 is 2.21 bits per heavy atom. The molecule has 4 heteroatoms. The van der Waals surface area contributed by atoms with Crippen LogP contribution in [-0.4, -0.2) is 35.7 Å². The Hall–Kier alpha value is -0.860. The molecule has 1 heterocycles. The normalized spacial score (nSPS) is 15.7. The van der Waals surface area contributed by atoms with Crippen LogP contribution in [0.25, 0.3) is 0 Å². The summed E-state index contributed by atoms with van der Waals surface area (Å²) in [7, 11) is 0. The van der Waals surface area contributed by atoms with E-state index in [1.807, 2.05) is 0 Å². The zero-order valence-corrected chi connectivity index (χ0v) is 12.1. The van der Waals surface area contributed by atoms with E-state index in [0.29, 0.717) is 12.6 Å². The van der Waals surface area contributed by atoms with E-state index in [0.717, 1.165) is 18.7 Å². The topological polar surface area (TPSA) is 49.5 Å². The van der Waals surface area contributed by atoms with Crippen LogP contribution in [0.3, 0.4) is 0 Å². The molecule has 0 saturated heterocycles. The fourth-order valence-corrected chi connectivity index (χ4v) is 3.55. The molecule has 1 aliphatic rings. The molecule has 0 spiro atoms. The van der Waals surface area contributed by atoms with E-state index < -0.39 is 0 Å². The van der Waals surface area contributed by atoms with Gasteiger partial charge in [-0.25, -0.2) is 0 Å². The molecular weight excluding hydrogens is 256 g/mol. The van der Waals surface area contributed by atoms with Gasteiger partial charge in [0.15, 0.2) is 0 Å². The van der Waals surface area contributed by atoms with Gasteiger partial charge in [0, 0.05) is 29.6 Å². The van der Waals surface area contributed by atoms with Crippen molar-refractivity contribution in [2.75, 3.05) is 19.7 Å². The standard InChI is InChI=1S/C15H22N2OS/c16-8-3-4-13-7-11-19-15(13)12-17(9-10-18)14-5-1-2-6-14/h7,11,14,18H,1-2,5-6,8-10,12,16H2. The Morgan fingerprint density at radius 1 is 1.42 bits per heavy atom. The van der Waals surface area contributed by atoms with Crippen molar-refractivity contribution in [2.45, 2.75) is 38.3 Å². The van der Waals surface area contributed by atoms with Gasteiger partial charge in [-0.1, -0.05) is 24.7 Å². The van der Waals surface area contributed by atoms with Crippen LogP contribution in [0.5, 0.6) is 0 Å². The van der Waals surface area contributed by atoms with Gasteiger partial charge >= 0.3 is 0 Å². The number of nitrogens with two attached hydrogens (primary N) is 1. The molecule has 104 valence electrons. The number of aliphatic hydroxyl groups is 1. The van der Waals surface area contributed by atoms with Crippen molar-refractivity contribution in [3.63, 3.8) is 0 Å². The highest BCUT2D eigenvalue weighted by Crippen LogP contribution is 2.26. The van der Waals surface area contributed by atoms with E-state index in [4.69, 9.17) is 5.73 Å². The predicted molar refractivity (Wildman–Crippen MR) is 80.0 cm³/mol. The van der Waals surface area contributed by atoms with Gasteiger partial charge in [-0.05, 0) is 24.3 Å². The molecule has 0 aliphatic heterocycles. The second-order valence-electron chi connectivity index (χ2n) is 4.90. The first kappa shape index (κ1) is 14.5. The van der Waals surface area contributed by atoms with Crippen LogP contribution in [0.1, 0.15) is 36.1 Å². The molecule has 0 atom stereocenters. The molecule has 0 unspecified atom stereocenters. The van der Waals surface area contributed by atoms with Crippen LogP contribution in [0.15, 0.2) is 11.4 Å². The lowest BCUT2D eigenvalue weighted by Gasteiger charge is -2.27. The molecule has 1 aliphatic carbocycles. The number of thiophene rings is 1. The number of nitrogens with zero attached hydrogens (tertiary/aromatic N) is 1. The average molecular weight is 278 g/mol. The number of hydrogen-bond donors (Lipinski definition) is 2. The Morgan fingerprint density at radius 3 is 2.89 bits per heavy atom. The fraction of sp³-hybridized carbons (Fsp3) is 0.600. The van der Waals surface area contributed by atoms with Crippen molar-refractivity contribution in [3.05, 3.63) is 21.9 Å². The lowest BCUT2D eigenvalue weighted by atomic mass is 10.2. The molecule has 0 radical (unpaired) electrons. The highest BCUT2D eigenvalue weighted by atomic mass is 32.1. The van der Waals surface area contributed by atoms with E-state index in [9.17, 15) is 5.11 Å². The monoisotopic (exact) mass is 278 g/mol. The molecule has 1 saturated carbocycles. The van der Waals surface area contributed by atoms with E-state index in [2.05, 4.69) is 28.2 Å². The van der Waals surface area contributed by atoms with Crippen LogP contribution in [-0.2, 0) is 6.54 Å². The summed E-state index contributed by atoms with van der Waals surface area (Å²) in [5.74, 6) is 6.06. The molecular formula is C15H22N2OS. The maximum absolute atomic E-state index is 9.25. The van der Waals surface area contributed by atoms with Gasteiger partial charge in [-0.15, -0.1) is 11.3 Å². The molecule has 3 nitrogen and oxygen atoms in total. The molecule has 0 amide bonds. The van der Waals surface area contributed by atoms with E-state index in [-0.39, 0.29) is 6.61 Å². The molecule has 19 heavy (non-hydrogen) atoms. The van der Waals surface area contributed by atoms with Gasteiger partial charge in [-0.2, -0.15) is 0 Å². The Kier molecular flexibility index (Phi) is 5.87. The van der Waals surface area contributed by atoms with E-state index in [1.54, 1.807) is 11.3 Å². The third-order valence-corrected chi connectivity index (χ3v) is 4.55. The Balaban J connectivity index is 2.05. The lowest BCUT2D eigenvalue weighted by Crippen LogP contribution is -2.35. The Bertz CT molecular complexity index is 440. The zero-order valence-electron chi connectivity index (χ0n) is 11.3. The average Bonchev–Trinajstić information content (AvgIpc) is 3.07. The maximum Gasteiger partial charge on any atom is 0.0558 e. The van der Waals surface area contributed by atoms with Gasteiger partial charge in [-0.3, -0.25) is 4.90 Å². The molecule has 0 bridgehead atoms. The van der Waals surface area contributed by atoms with Crippen molar-refractivity contribution in [3.8, 4) is 11.8 Å². The molecule has 2 rings (SSSR count). The minimum Gasteiger partial charge on any atom is -0.395 e. The summed E-state index contributed by atoms with van der Waals surface area (Å²) in [4.78, 5) is 3.70. The maximum atomic E-state index is 9.25. The molecule has 1 aromatic heterocycles. The Labute approximate surface area is 119 Å². The van der Waals surface area contributed by atoms with E-state index >= 15 is 0 Å². The minimum absolute atomic E-state index is 0.228. The third-order valence-electron chi connectivity index (χ3n) is 3.65. The van der Waals surface area contributed by atoms with Crippen molar-refractivity contribution in [1.29, 1.82) is 0 Å². The summed E-state index contributed by atoms with van der Waals surface area (Å²) in [5.41, 5.74) is 6.52. The van der Waals surface area contributed by atoms with Crippen LogP contribution in [0.4, 0.5) is 0 Å². The van der Waals surface area contributed by atoms with Gasteiger partial charge < -0.3 is 10.8 Å². The number of rotatable bonds is 5. The SMILES string of the molecule is NCC#Cc1ccsc1CN(CCO)C1CCCC1. The highest BCUT2D eigenvalue weighted by molar-refractivity contribution is 7.10. The number of hydrogen-bond acceptors (Lipinski definition) is 4. The summed E-state index contributed by atoms with van der Waals surface area (Å²) in [5, 5.41) is 11.3. The quantitative estimate of drug-likeness (QED) is 0.808. The van der Waals surface area contributed by atoms with Crippen molar-refractivity contribution < 1.29 is 5.11 Å². The summed E-state index contributed by atoms with van der Waals surface area (Å²) in [6, 6.07) is 2.69. The predicted octanol–water partition coefficient (Wildman–Crippen LogP) is 1.80. The van der Waals surface area contributed by atoms with Crippen LogP contribution in [0.2, 0.25) is 0 Å². The van der Waals surface area contributed by atoms with Gasteiger partial charge in [0.05, 0.1) is 13.2 Å². The first-order valence-electron chi connectivity index (χ1n) is 6.95.